The zero-order valence-corrected chi connectivity index (χ0v) is 10.9. The van der Waals surface area contributed by atoms with Gasteiger partial charge in [-0.25, -0.2) is 0 Å². The molecule has 0 bridgehead atoms. The van der Waals surface area contributed by atoms with Crippen LogP contribution in [0.5, 0.6) is 0 Å². The van der Waals surface area contributed by atoms with E-state index in [4.69, 9.17) is 5.11 Å². The van der Waals surface area contributed by atoms with E-state index >= 15 is 0 Å². The molecule has 0 aromatic carbocycles. The Morgan fingerprint density at radius 2 is 2.35 bits per heavy atom. The molecule has 0 unspecified atom stereocenters. The lowest BCUT2D eigenvalue weighted by molar-refractivity contribution is 0.217. The lowest BCUT2D eigenvalue weighted by atomic mass is 10.2. The SMILES string of the molecule is CN(CCO)Cc1cn(C)nc1-c1cccs1. The normalized spacial score (nSPS) is 11.3. The third kappa shape index (κ3) is 2.94. The van der Waals surface area contributed by atoms with Gasteiger partial charge in [0, 0.05) is 31.9 Å². The maximum absolute atomic E-state index is 8.91. The van der Waals surface area contributed by atoms with Crippen molar-refractivity contribution in [1.29, 1.82) is 0 Å². The number of likely N-dealkylation sites (N-methyl/N-ethyl adjacent to an activating group) is 1. The van der Waals surface area contributed by atoms with E-state index in [9.17, 15) is 0 Å². The first-order chi connectivity index (χ1) is 8.20. The average Bonchev–Trinajstić information content (AvgIpc) is 2.87. The molecule has 0 saturated carbocycles. The van der Waals surface area contributed by atoms with Crippen molar-refractivity contribution in [3.63, 3.8) is 0 Å². The minimum Gasteiger partial charge on any atom is -0.395 e. The van der Waals surface area contributed by atoms with Crippen molar-refractivity contribution in [3.05, 3.63) is 29.3 Å². The van der Waals surface area contributed by atoms with Crippen LogP contribution in [-0.4, -0.2) is 40.0 Å². The van der Waals surface area contributed by atoms with Crippen LogP contribution >= 0.6 is 11.3 Å². The maximum Gasteiger partial charge on any atom is 0.107 e. The van der Waals surface area contributed by atoms with Crippen LogP contribution < -0.4 is 0 Å². The van der Waals surface area contributed by atoms with E-state index in [-0.39, 0.29) is 6.61 Å². The Kier molecular flexibility index (Phi) is 3.93. The molecule has 0 aliphatic rings. The number of aryl methyl sites for hydroxylation is 1. The van der Waals surface area contributed by atoms with Crippen LogP contribution in [0.25, 0.3) is 10.6 Å². The van der Waals surface area contributed by atoms with E-state index in [0.29, 0.717) is 6.54 Å². The van der Waals surface area contributed by atoms with Gasteiger partial charge < -0.3 is 5.11 Å². The molecule has 0 aliphatic carbocycles. The Bertz CT molecular complexity index is 464. The first kappa shape index (κ1) is 12.3. The van der Waals surface area contributed by atoms with Gasteiger partial charge in [-0.2, -0.15) is 5.10 Å². The van der Waals surface area contributed by atoms with Gasteiger partial charge in [0.1, 0.15) is 5.69 Å². The predicted molar refractivity (Wildman–Crippen MR) is 69.9 cm³/mol. The highest BCUT2D eigenvalue weighted by Gasteiger charge is 2.12. The Hall–Kier alpha value is -1.17. The number of rotatable bonds is 5. The van der Waals surface area contributed by atoms with Crippen molar-refractivity contribution < 1.29 is 5.11 Å². The van der Waals surface area contributed by atoms with Gasteiger partial charge in [-0.15, -0.1) is 11.3 Å². The molecule has 4 nitrogen and oxygen atoms in total. The topological polar surface area (TPSA) is 41.3 Å². The van der Waals surface area contributed by atoms with Crippen LogP contribution in [-0.2, 0) is 13.6 Å². The summed E-state index contributed by atoms with van der Waals surface area (Å²) >= 11 is 1.70. The summed E-state index contributed by atoms with van der Waals surface area (Å²) in [6, 6.07) is 4.12. The van der Waals surface area contributed by atoms with Crippen molar-refractivity contribution in [1.82, 2.24) is 14.7 Å². The Morgan fingerprint density at radius 1 is 1.53 bits per heavy atom. The number of hydrogen-bond donors (Lipinski definition) is 1. The molecule has 2 aromatic heterocycles. The second kappa shape index (κ2) is 5.44. The van der Waals surface area contributed by atoms with Gasteiger partial charge in [0.2, 0.25) is 0 Å². The highest BCUT2D eigenvalue weighted by molar-refractivity contribution is 7.13. The Labute approximate surface area is 105 Å². The van der Waals surface area contributed by atoms with Crippen molar-refractivity contribution in [2.75, 3.05) is 20.2 Å². The lowest BCUT2D eigenvalue weighted by Crippen LogP contribution is -2.21. The fourth-order valence-electron chi connectivity index (χ4n) is 1.81. The van der Waals surface area contributed by atoms with E-state index in [1.165, 1.54) is 10.4 Å². The Balaban J connectivity index is 2.22. The number of aliphatic hydroxyl groups excluding tert-OH is 1. The van der Waals surface area contributed by atoms with E-state index in [2.05, 4.69) is 21.4 Å². The monoisotopic (exact) mass is 251 g/mol. The minimum absolute atomic E-state index is 0.186. The molecule has 0 atom stereocenters. The van der Waals surface area contributed by atoms with Crippen molar-refractivity contribution in [2.45, 2.75) is 6.54 Å². The minimum atomic E-state index is 0.186. The average molecular weight is 251 g/mol. The molecule has 0 aliphatic heterocycles. The molecule has 0 fully saturated rings. The first-order valence-electron chi connectivity index (χ1n) is 5.56. The molecule has 2 aromatic rings. The van der Waals surface area contributed by atoms with Crippen molar-refractivity contribution >= 4 is 11.3 Å². The standard InChI is InChI=1S/C12H17N3OS/c1-14(5-6-16)8-10-9-15(2)13-12(10)11-4-3-7-17-11/h3-4,7,9,16H,5-6,8H2,1-2H3. The van der Waals surface area contributed by atoms with Gasteiger partial charge in [0.25, 0.3) is 0 Å². The van der Waals surface area contributed by atoms with Gasteiger partial charge in [-0.1, -0.05) is 6.07 Å². The van der Waals surface area contributed by atoms with Crippen LogP contribution in [0.15, 0.2) is 23.7 Å². The largest absolute Gasteiger partial charge is 0.395 e. The fraction of sp³-hybridized carbons (Fsp3) is 0.417. The summed E-state index contributed by atoms with van der Waals surface area (Å²) in [6.45, 7) is 1.67. The third-order valence-electron chi connectivity index (χ3n) is 2.58. The summed E-state index contributed by atoms with van der Waals surface area (Å²) in [5.41, 5.74) is 2.25. The summed E-state index contributed by atoms with van der Waals surface area (Å²) in [6.07, 6.45) is 2.04. The number of thiophene rings is 1. The molecule has 2 heterocycles. The molecule has 92 valence electrons. The third-order valence-corrected chi connectivity index (χ3v) is 3.46. The second-order valence-corrected chi connectivity index (χ2v) is 5.06. The van der Waals surface area contributed by atoms with Gasteiger partial charge in [-0.05, 0) is 18.5 Å². The summed E-state index contributed by atoms with van der Waals surface area (Å²) in [4.78, 5) is 3.28. The first-order valence-corrected chi connectivity index (χ1v) is 6.44. The van der Waals surface area contributed by atoms with Gasteiger partial charge >= 0.3 is 0 Å². The zero-order valence-electron chi connectivity index (χ0n) is 10.1. The van der Waals surface area contributed by atoms with Crippen molar-refractivity contribution in [2.24, 2.45) is 7.05 Å². The van der Waals surface area contributed by atoms with E-state index in [1.54, 1.807) is 11.3 Å². The molecule has 0 saturated heterocycles. The van der Waals surface area contributed by atoms with Crippen molar-refractivity contribution in [3.8, 4) is 10.6 Å². The molecule has 2 rings (SSSR count). The fourth-order valence-corrected chi connectivity index (χ4v) is 2.56. The highest BCUT2D eigenvalue weighted by atomic mass is 32.1. The van der Waals surface area contributed by atoms with E-state index in [0.717, 1.165) is 12.2 Å². The molecule has 0 spiro atoms. The molecule has 0 amide bonds. The molecule has 1 N–H and O–H groups in total. The second-order valence-electron chi connectivity index (χ2n) is 4.12. The molecule has 5 heteroatoms. The molecular weight excluding hydrogens is 234 g/mol. The van der Waals surface area contributed by atoms with Crippen LogP contribution in [0.1, 0.15) is 5.56 Å². The maximum atomic E-state index is 8.91. The Morgan fingerprint density at radius 3 is 3.00 bits per heavy atom. The highest BCUT2D eigenvalue weighted by Crippen LogP contribution is 2.26. The number of hydrogen-bond acceptors (Lipinski definition) is 4. The smallest absolute Gasteiger partial charge is 0.107 e. The molecule has 17 heavy (non-hydrogen) atoms. The number of nitrogens with zero attached hydrogens (tertiary/aromatic N) is 3. The van der Waals surface area contributed by atoms with Crippen LogP contribution in [0.4, 0.5) is 0 Å². The molecule has 0 radical (unpaired) electrons. The van der Waals surface area contributed by atoms with Gasteiger partial charge in [0.05, 0.1) is 11.5 Å². The summed E-state index contributed by atoms with van der Waals surface area (Å²) in [5, 5.41) is 15.5. The molecular formula is C12H17N3OS. The zero-order chi connectivity index (χ0) is 12.3. The summed E-state index contributed by atoms with van der Waals surface area (Å²) in [5.74, 6) is 0. The van der Waals surface area contributed by atoms with Crippen LogP contribution in [0.3, 0.4) is 0 Å². The van der Waals surface area contributed by atoms with Gasteiger partial charge in [0.15, 0.2) is 0 Å². The van der Waals surface area contributed by atoms with Gasteiger partial charge in [-0.3, -0.25) is 9.58 Å². The van der Waals surface area contributed by atoms with Crippen LogP contribution in [0.2, 0.25) is 0 Å². The number of aromatic nitrogens is 2. The quantitative estimate of drug-likeness (QED) is 0.877. The lowest BCUT2D eigenvalue weighted by Gasteiger charge is -2.14. The van der Waals surface area contributed by atoms with E-state index in [1.807, 2.05) is 31.0 Å². The summed E-state index contributed by atoms with van der Waals surface area (Å²) < 4.78 is 1.84. The van der Waals surface area contributed by atoms with Crippen LogP contribution in [0, 0.1) is 0 Å². The summed E-state index contributed by atoms with van der Waals surface area (Å²) in [7, 11) is 3.94. The van der Waals surface area contributed by atoms with E-state index < -0.39 is 0 Å². The predicted octanol–water partition coefficient (Wildman–Crippen LogP) is 1.57. The number of aliphatic hydroxyl groups is 1.